The summed E-state index contributed by atoms with van der Waals surface area (Å²) in [4.78, 5) is 24.8. The first kappa shape index (κ1) is 19.4. The number of ether oxygens (including phenoxy) is 1. The first-order chi connectivity index (χ1) is 12.2. The molecule has 2 amide bonds. The fraction of sp³-hybridized carbons (Fsp3) is 0.300. The number of carbonyl (C=O) groups excluding carboxylic acids is 2. The van der Waals surface area contributed by atoms with Crippen LogP contribution in [0.2, 0.25) is 0 Å². The third kappa shape index (κ3) is 5.58. The van der Waals surface area contributed by atoms with Crippen molar-refractivity contribution >= 4 is 17.5 Å². The van der Waals surface area contributed by atoms with Crippen LogP contribution in [0.15, 0.2) is 48.5 Å². The van der Waals surface area contributed by atoms with Crippen molar-refractivity contribution in [3.63, 3.8) is 0 Å². The Kier molecular flexibility index (Phi) is 5.97. The van der Waals surface area contributed by atoms with E-state index in [0.29, 0.717) is 17.0 Å². The van der Waals surface area contributed by atoms with Gasteiger partial charge in [0.05, 0.1) is 11.3 Å². The van der Waals surface area contributed by atoms with Crippen LogP contribution in [-0.4, -0.2) is 23.5 Å². The highest BCUT2D eigenvalue weighted by molar-refractivity contribution is 6.04. The summed E-state index contributed by atoms with van der Waals surface area (Å²) in [6, 6.07) is 12.2. The van der Waals surface area contributed by atoms with Crippen LogP contribution in [0, 0.1) is 5.82 Å². The lowest BCUT2D eigenvalue weighted by atomic mass is 10.1. The van der Waals surface area contributed by atoms with Gasteiger partial charge in [0.1, 0.15) is 11.6 Å². The molecular formula is C20H23FN2O3. The standard InChI is InChI=1S/C20H23FN2O3/c1-13(26-15-11-9-14(21)10-12-15)18(24)22-17-8-6-5-7-16(17)19(25)23-20(2,3)4/h5-13H,1-4H3,(H,22,24)(H,23,25)/t13-/m0/s1. The maximum atomic E-state index is 12.9. The minimum atomic E-state index is -0.820. The van der Waals surface area contributed by atoms with Gasteiger partial charge in [0.15, 0.2) is 6.10 Å². The molecule has 0 aliphatic heterocycles. The van der Waals surface area contributed by atoms with Crippen molar-refractivity contribution in [1.82, 2.24) is 5.32 Å². The van der Waals surface area contributed by atoms with Gasteiger partial charge in [0.2, 0.25) is 0 Å². The Morgan fingerprint density at radius 3 is 2.27 bits per heavy atom. The van der Waals surface area contributed by atoms with E-state index in [1.54, 1.807) is 31.2 Å². The average molecular weight is 358 g/mol. The molecule has 6 heteroatoms. The van der Waals surface area contributed by atoms with E-state index in [-0.39, 0.29) is 11.7 Å². The largest absolute Gasteiger partial charge is 0.481 e. The predicted octanol–water partition coefficient (Wildman–Crippen LogP) is 3.76. The molecule has 0 saturated heterocycles. The van der Waals surface area contributed by atoms with Crippen molar-refractivity contribution < 1.29 is 18.7 Å². The second-order valence-electron chi connectivity index (χ2n) is 6.95. The molecule has 0 saturated carbocycles. The summed E-state index contributed by atoms with van der Waals surface area (Å²) >= 11 is 0. The van der Waals surface area contributed by atoms with Gasteiger partial charge in [-0.2, -0.15) is 0 Å². The van der Waals surface area contributed by atoms with Crippen molar-refractivity contribution in [2.75, 3.05) is 5.32 Å². The van der Waals surface area contributed by atoms with Gasteiger partial charge in [-0.25, -0.2) is 4.39 Å². The molecular weight excluding hydrogens is 335 g/mol. The number of hydrogen-bond acceptors (Lipinski definition) is 3. The Bertz CT molecular complexity index is 782. The zero-order chi connectivity index (χ0) is 19.3. The molecule has 1 atom stereocenters. The van der Waals surface area contributed by atoms with Crippen molar-refractivity contribution in [1.29, 1.82) is 0 Å². The van der Waals surface area contributed by atoms with Crippen LogP contribution in [0.1, 0.15) is 38.1 Å². The molecule has 0 bridgehead atoms. The summed E-state index contributed by atoms with van der Waals surface area (Å²) in [5.74, 6) is -0.688. The molecule has 2 aromatic carbocycles. The molecule has 2 N–H and O–H groups in total. The van der Waals surface area contributed by atoms with Gasteiger partial charge in [0, 0.05) is 5.54 Å². The normalized spacial score (nSPS) is 12.2. The van der Waals surface area contributed by atoms with Gasteiger partial charge >= 0.3 is 0 Å². The highest BCUT2D eigenvalue weighted by atomic mass is 19.1. The second kappa shape index (κ2) is 7.99. The summed E-state index contributed by atoms with van der Waals surface area (Å²) < 4.78 is 18.4. The summed E-state index contributed by atoms with van der Waals surface area (Å²) in [5.41, 5.74) is 0.367. The number of carbonyl (C=O) groups is 2. The maximum Gasteiger partial charge on any atom is 0.265 e. The lowest BCUT2D eigenvalue weighted by Crippen LogP contribution is -2.41. The van der Waals surface area contributed by atoms with Crippen LogP contribution in [-0.2, 0) is 4.79 Å². The first-order valence-corrected chi connectivity index (χ1v) is 8.30. The van der Waals surface area contributed by atoms with E-state index in [0.717, 1.165) is 0 Å². The van der Waals surface area contributed by atoms with E-state index < -0.39 is 17.6 Å². The number of rotatable bonds is 5. The van der Waals surface area contributed by atoms with E-state index in [2.05, 4.69) is 10.6 Å². The molecule has 0 aliphatic carbocycles. The average Bonchev–Trinajstić information content (AvgIpc) is 2.55. The number of anilines is 1. The lowest BCUT2D eigenvalue weighted by molar-refractivity contribution is -0.122. The molecule has 0 heterocycles. The molecule has 5 nitrogen and oxygen atoms in total. The van der Waals surface area contributed by atoms with Crippen LogP contribution in [0.5, 0.6) is 5.75 Å². The molecule has 2 aromatic rings. The summed E-state index contributed by atoms with van der Waals surface area (Å²) in [6.45, 7) is 7.22. The zero-order valence-corrected chi connectivity index (χ0v) is 15.3. The van der Waals surface area contributed by atoms with Crippen LogP contribution in [0.3, 0.4) is 0 Å². The van der Waals surface area contributed by atoms with E-state index >= 15 is 0 Å². The Hall–Kier alpha value is -2.89. The maximum absolute atomic E-state index is 12.9. The van der Waals surface area contributed by atoms with Crippen LogP contribution >= 0.6 is 0 Å². The molecule has 0 aliphatic rings. The Balaban J connectivity index is 2.08. The van der Waals surface area contributed by atoms with Crippen LogP contribution in [0.4, 0.5) is 10.1 Å². The second-order valence-corrected chi connectivity index (χ2v) is 6.95. The fourth-order valence-corrected chi connectivity index (χ4v) is 2.20. The SMILES string of the molecule is C[C@H](Oc1ccc(F)cc1)C(=O)Nc1ccccc1C(=O)NC(C)(C)C. The molecule has 0 fully saturated rings. The third-order valence-corrected chi connectivity index (χ3v) is 3.41. The van der Waals surface area contributed by atoms with Gasteiger partial charge in [-0.3, -0.25) is 9.59 Å². The van der Waals surface area contributed by atoms with Crippen LogP contribution in [0.25, 0.3) is 0 Å². The number of hydrogen-bond donors (Lipinski definition) is 2. The molecule has 26 heavy (non-hydrogen) atoms. The Morgan fingerprint density at radius 2 is 1.65 bits per heavy atom. The molecule has 138 valence electrons. The lowest BCUT2D eigenvalue weighted by Gasteiger charge is -2.22. The van der Waals surface area contributed by atoms with Gasteiger partial charge in [-0.15, -0.1) is 0 Å². The van der Waals surface area contributed by atoms with E-state index in [9.17, 15) is 14.0 Å². The number of halogens is 1. The van der Waals surface area contributed by atoms with Gasteiger partial charge < -0.3 is 15.4 Å². The highest BCUT2D eigenvalue weighted by Crippen LogP contribution is 2.18. The number of para-hydroxylation sites is 1. The van der Waals surface area contributed by atoms with Crippen LogP contribution < -0.4 is 15.4 Å². The van der Waals surface area contributed by atoms with Gasteiger partial charge in [-0.1, -0.05) is 12.1 Å². The zero-order valence-electron chi connectivity index (χ0n) is 15.3. The number of nitrogens with one attached hydrogen (secondary N) is 2. The van der Waals surface area contributed by atoms with E-state index in [4.69, 9.17) is 4.74 Å². The predicted molar refractivity (Wildman–Crippen MR) is 98.8 cm³/mol. The number of amides is 2. The Labute approximate surface area is 152 Å². The monoisotopic (exact) mass is 358 g/mol. The molecule has 2 rings (SSSR count). The van der Waals surface area contributed by atoms with Gasteiger partial charge in [-0.05, 0) is 64.1 Å². The first-order valence-electron chi connectivity index (χ1n) is 8.30. The minimum absolute atomic E-state index is 0.277. The highest BCUT2D eigenvalue weighted by Gasteiger charge is 2.21. The van der Waals surface area contributed by atoms with Crippen molar-refractivity contribution in [2.45, 2.75) is 39.3 Å². The minimum Gasteiger partial charge on any atom is -0.481 e. The van der Waals surface area contributed by atoms with Crippen molar-refractivity contribution in [3.8, 4) is 5.75 Å². The smallest absolute Gasteiger partial charge is 0.265 e. The molecule has 0 radical (unpaired) electrons. The third-order valence-electron chi connectivity index (χ3n) is 3.41. The Morgan fingerprint density at radius 1 is 1.04 bits per heavy atom. The quantitative estimate of drug-likeness (QED) is 0.855. The fourth-order valence-electron chi connectivity index (χ4n) is 2.20. The molecule has 0 spiro atoms. The topological polar surface area (TPSA) is 67.4 Å². The molecule has 0 unspecified atom stereocenters. The van der Waals surface area contributed by atoms with E-state index in [1.165, 1.54) is 24.3 Å². The van der Waals surface area contributed by atoms with Gasteiger partial charge in [0.25, 0.3) is 11.8 Å². The van der Waals surface area contributed by atoms with Crippen molar-refractivity contribution in [3.05, 3.63) is 59.9 Å². The summed E-state index contributed by atoms with van der Waals surface area (Å²) in [5, 5.41) is 5.58. The van der Waals surface area contributed by atoms with Crippen molar-refractivity contribution in [2.24, 2.45) is 0 Å². The summed E-state index contributed by atoms with van der Waals surface area (Å²) in [6.07, 6.45) is -0.820. The summed E-state index contributed by atoms with van der Waals surface area (Å²) in [7, 11) is 0. The molecule has 0 aromatic heterocycles. The van der Waals surface area contributed by atoms with E-state index in [1.807, 2.05) is 20.8 Å². The number of benzene rings is 2.